The van der Waals surface area contributed by atoms with Crippen LogP contribution in [0.4, 0.5) is 8.78 Å². The molecule has 4 heteroatoms. The molecular weight excluding hydrogens is 246 g/mol. The fraction of sp³-hybridized carbons (Fsp3) is 0.267. The molecule has 1 N–H and O–H groups in total. The van der Waals surface area contributed by atoms with Crippen LogP contribution in [0, 0.1) is 18.6 Å². The van der Waals surface area contributed by atoms with E-state index in [4.69, 9.17) is 0 Å². The van der Waals surface area contributed by atoms with E-state index in [1.54, 1.807) is 12.3 Å². The van der Waals surface area contributed by atoms with Gasteiger partial charge in [0.1, 0.15) is 11.6 Å². The normalized spacial score (nSPS) is 12.4. The number of benzene rings is 1. The number of hydrogen-bond acceptors (Lipinski definition) is 2. The molecule has 0 bridgehead atoms. The number of halogens is 2. The number of nitrogens with zero attached hydrogens (tertiary/aromatic N) is 1. The third-order valence-corrected chi connectivity index (χ3v) is 2.93. The summed E-state index contributed by atoms with van der Waals surface area (Å²) in [5.74, 6) is -0.719. The van der Waals surface area contributed by atoms with Crippen LogP contribution in [0.15, 0.2) is 36.7 Å². The summed E-state index contributed by atoms with van der Waals surface area (Å²) in [5.41, 5.74) is 1.97. The zero-order valence-electron chi connectivity index (χ0n) is 11.0. The smallest absolute Gasteiger partial charge is 0.141 e. The summed E-state index contributed by atoms with van der Waals surface area (Å²) in [6, 6.07) is 6.03. The molecule has 0 spiro atoms. The summed E-state index contributed by atoms with van der Waals surface area (Å²) >= 11 is 0. The lowest BCUT2D eigenvalue weighted by atomic mass is 9.98. The maximum atomic E-state index is 14.1. The van der Waals surface area contributed by atoms with Crippen molar-refractivity contribution in [2.45, 2.75) is 19.9 Å². The molecule has 0 radical (unpaired) electrons. The lowest BCUT2D eigenvalue weighted by Gasteiger charge is -2.19. The molecule has 1 heterocycles. The molecule has 0 fully saturated rings. The number of pyridine rings is 1. The SMILES string of the molecule is CCNC(c1cncc(F)c1)c1ccc(C)cc1F. The summed E-state index contributed by atoms with van der Waals surface area (Å²) in [7, 11) is 0. The Kier molecular flexibility index (Phi) is 4.22. The van der Waals surface area contributed by atoms with Crippen molar-refractivity contribution in [1.29, 1.82) is 0 Å². The Morgan fingerprint density at radius 2 is 2.00 bits per heavy atom. The molecule has 0 aliphatic rings. The fourth-order valence-corrected chi connectivity index (χ4v) is 2.06. The van der Waals surface area contributed by atoms with Gasteiger partial charge in [0, 0.05) is 11.8 Å². The van der Waals surface area contributed by atoms with E-state index in [0.29, 0.717) is 17.7 Å². The molecule has 2 rings (SSSR count). The standard InChI is InChI=1S/C15H16F2N2/c1-3-19-15(11-7-12(16)9-18-8-11)13-5-4-10(2)6-14(13)17/h4-9,15,19H,3H2,1-2H3. The van der Waals surface area contributed by atoms with Crippen LogP contribution in [0.25, 0.3) is 0 Å². The highest BCUT2D eigenvalue weighted by Gasteiger charge is 2.17. The molecule has 0 saturated heterocycles. The molecular formula is C15H16F2N2. The third-order valence-electron chi connectivity index (χ3n) is 2.93. The molecule has 1 atom stereocenters. The van der Waals surface area contributed by atoms with E-state index >= 15 is 0 Å². The number of hydrogen-bond donors (Lipinski definition) is 1. The highest BCUT2D eigenvalue weighted by Crippen LogP contribution is 2.25. The topological polar surface area (TPSA) is 24.9 Å². The summed E-state index contributed by atoms with van der Waals surface area (Å²) < 4.78 is 27.3. The first-order chi connectivity index (χ1) is 9.11. The van der Waals surface area contributed by atoms with Gasteiger partial charge in [0.15, 0.2) is 0 Å². The molecule has 2 aromatic rings. The number of aryl methyl sites for hydroxylation is 1. The van der Waals surface area contributed by atoms with E-state index in [-0.39, 0.29) is 5.82 Å². The average Bonchev–Trinajstić information content (AvgIpc) is 2.37. The van der Waals surface area contributed by atoms with E-state index in [9.17, 15) is 8.78 Å². The number of aromatic nitrogens is 1. The quantitative estimate of drug-likeness (QED) is 0.913. The van der Waals surface area contributed by atoms with Crippen molar-refractivity contribution in [2.75, 3.05) is 6.54 Å². The second kappa shape index (κ2) is 5.89. The molecule has 1 unspecified atom stereocenters. The summed E-state index contributed by atoms with van der Waals surface area (Å²) in [5, 5.41) is 3.16. The van der Waals surface area contributed by atoms with Crippen molar-refractivity contribution in [3.05, 3.63) is 65.0 Å². The maximum Gasteiger partial charge on any atom is 0.141 e. The molecule has 1 aromatic heterocycles. The van der Waals surface area contributed by atoms with Gasteiger partial charge in [-0.15, -0.1) is 0 Å². The van der Waals surface area contributed by atoms with Crippen LogP contribution < -0.4 is 5.32 Å². The zero-order valence-corrected chi connectivity index (χ0v) is 11.0. The van der Waals surface area contributed by atoms with Crippen molar-refractivity contribution < 1.29 is 8.78 Å². The van der Waals surface area contributed by atoms with E-state index < -0.39 is 11.9 Å². The van der Waals surface area contributed by atoms with Gasteiger partial charge in [0.2, 0.25) is 0 Å². The first-order valence-electron chi connectivity index (χ1n) is 6.21. The second-order valence-corrected chi connectivity index (χ2v) is 4.45. The van der Waals surface area contributed by atoms with Gasteiger partial charge in [0.25, 0.3) is 0 Å². The van der Waals surface area contributed by atoms with Crippen molar-refractivity contribution in [2.24, 2.45) is 0 Å². The average molecular weight is 262 g/mol. The monoisotopic (exact) mass is 262 g/mol. The lowest BCUT2D eigenvalue weighted by Crippen LogP contribution is -2.23. The van der Waals surface area contributed by atoms with Crippen LogP contribution >= 0.6 is 0 Å². The van der Waals surface area contributed by atoms with Gasteiger partial charge in [-0.1, -0.05) is 19.1 Å². The van der Waals surface area contributed by atoms with E-state index in [1.807, 2.05) is 19.9 Å². The van der Waals surface area contributed by atoms with Crippen LogP contribution in [0.2, 0.25) is 0 Å². The van der Waals surface area contributed by atoms with E-state index in [1.165, 1.54) is 12.1 Å². The van der Waals surface area contributed by atoms with Crippen molar-refractivity contribution in [3.63, 3.8) is 0 Å². The highest BCUT2D eigenvalue weighted by atomic mass is 19.1. The van der Waals surface area contributed by atoms with Gasteiger partial charge in [-0.2, -0.15) is 0 Å². The summed E-state index contributed by atoms with van der Waals surface area (Å²) in [6.07, 6.45) is 2.69. The van der Waals surface area contributed by atoms with Crippen LogP contribution in [-0.4, -0.2) is 11.5 Å². The molecule has 1 aromatic carbocycles. The Hall–Kier alpha value is -1.81. The Bertz CT molecular complexity index is 570. The lowest BCUT2D eigenvalue weighted by molar-refractivity contribution is 0.551. The zero-order chi connectivity index (χ0) is 13.8. The largest absolute Gasteiger partial charge is 0.306 e. The van der Waals surface area contributed by atoms with Crippen LogP contribution in [0.1, 0.15) is 29.7 Å². The first-order valence-corrected chi connectivity index (χ1v) is 6.21. The Morgan fingerprint density at radius 1 is 1.21 bits per heavy atom. The maximum absolute atomic E-state index is 14.1. The van der Waals surface area contributed by atoms with Crippen LogP contribution in [0.5, 0.6) is 0 Å². The fourth-order valence-electron chi connectivity index (χ4n) is 2.06. The molecule has 0 aliphatic heterocycles. The minimum atomic E-state index is -0.423. The molecule has 100 valence electrons. The van der Waals surface area contributed by atoms with Crippen molar-refractivity contribution in [1.82, 2.24) is 10.3 Å². The molecule has 0 amide bonds. The summed E-state index contributed by atoms with van der Waals surface area (Å²) in [4.78, 5) is 3.82. The highest BCUT2D eigenvalue weighted by molar-refractivity contribution is 5.33. The van der Waals surface area contributed by atoms with E-state index in [2.05, 4.69) is 10.3 Å². The van der Waals surface area contributed by atoms with E-state index in [0.717, 1.165) is 11.8 Å². The Labute approximate surface area is 111 Å². The minimum absolute atomic E-state index is 0.296. The van der Waals surface area contributed by atoms with Crippen molar-refractivity contribution >= 4 is 0 Å². The number of rotatable bonds is 4. The molecule has 0 aliphatic carbocycles. The van der Waals surface area contributed by atoms with Gasteiger partial charge in [-0.05, 0) is 36.7 Å². The second-order valence-electron chi connectivity index (χ2n) is 4.45. The van der Waals surface area contributed by atoms with Crippen molar-refractivity contribution in [3.8, 4) is 0 Å². The van der Waals surface area contributed by atoms with Gasteiger partial charge in [0.05, 0.1) is 12.2 Å². The molecule has 19 heavy (non-hydrogen) atoms. The molecule has 2 nitrogen and oxygen atoms in total. The minimum Gasteiger partial charge on any atom is -0.306 e. The van der Waals surface area contributed by atoms with Gasteiger partial charge < -0.3 is 5.32 Å². The number of nitrogens with one attached hydrogen (secondary N) is 1. The Morgan fingerprint density at radius 3 is 2.63 bits per heavy atom. The summed E-state index contributed by atoms with van der Waals surface area (Å²) in [6.45, 7) is 4.40. The van der Waals surface area contributed by atoms with Gasteiger partial charge in [-0.25, -0.2) is 8.78 Å². The van der Waals surface area contributed by atoms with Crippen LogP contribution in [0.3, 0.4) is 0 Å². The van der Waals surface area contributed by atoms with Gasteiger partial charge >= 0.3 is 0 Å². The first kappa shape index (κ1) is 13.6. The van der Waals surface area contributed by atoms with Crippen LogP contribution in [-0.2, 0) is 0 Å². The van der Waals surface area contributed by atoms with Gasteiger partial charge in [-0.3, -0.25) is 4.98 Å². The molecule has 0 saturated carbocycles. The Balaban J connectivity index is 2.45. The third kappa shape index (κ3) is 3.15. The predicted octanol–water partition coefficient (Wildman–Crippen LogP) is 3.37. The predicted molar refractivity (Wildman–Crippen MR) is 70.9 cm³/mol.